The largest absolute Gasteiger partial charge is 0.366 e. The number of nitrogens with zero attached hydrogens (tertiary/aromatic N) is 8. The van der Waals surface area contributed by atoms with Gasteiger partial charge in [0, 0.05) is 88.6 Å². The molecule has 2 amide bonds. The molecular weight excluding hydrogens is 773 g/mol. The summed E-state index contributed by atoms with van der Waals surface area (Å²) in [6, 6.07) is 15.0. The maximum atomic E-state index is 13.4. The zero-order valence-corrected chi connectivity index (χ0v) is 33.0. The van der Waals surface area contributed by atoms with Gasteiger partial charge in [0.05, 0.1) is 34.3 Å². The van der Waals surface area contributed by atoms with E-state index >= 15 is 0 Å². The van der Waals surface area contributed by atoms with Crippen molar-refractivity contribution < 1.29 is 22.7 Å². The highest BCUT2D eigenvalue weighted by Gasteiger charge is 2.29. The number of sulfonamides is 1. The van der Waals surface area contributed by atoms with Crippen molar-refractivity contribution in [2.24, 2.45) is 0 Å². The summed E-state index contributed by atoms with van der Waals surface area (Å²) in [5.74, 6) is -0.408. The summed E-state index contributed by atoms with van der Waals surface area (Å²) in [6.07, 6.45) is 9.13. The quantitative estimate of drug-likeness (QED) is 0.166. The average molecular weight is 813 g/mol. The predicted molar refractivity (Wildman–Crippen MR) is 213 cm³/mol. The molecule has 1 unspecified atom stereocenters. The molecule has 56 heavy (non-hydrogen) atoms. The van der Waals surface area contributed by atoms with Gasteiger partial charge in [-0.25, -0.2) is 18.4 Å². The van der Waals surface area contributed by atoms with E-state index in [9.17, 15) is 18.0 Å². The monoisotopic (exact) mass is 812 g/mol. The molecule has 0 bridgehead atoms. The summed E-state index contributed by atoms with van der Waals surface area (Å²) in [7, 11) is -3.19. The van der Waals surface area contributed by atoms with Gasteiger partial charge in [-0.1, -0.05) is 11.3 Å². The molecular formula is C38H40N10O5S3. The van der Waals surface area contributed by atoms with Crippen molar-refractivity contribution in [3.63, 3.8) is 0 Å². The first-order chi connectivity index (χ1) is 27.2. The van der Waals surface area contributed by atoms with Crippen LogP contribution in [-0.4, -0.2) is 97.0 Å². The van der Waals surface area contributed by atoms with Gasteiger partial charge in [0.2, 0.25) is 10.0 Å². The Bertz CT molecular complexity index is 2430. The standard InChI is InChI=1S/C38H40N10O5S3/c1-2-56(51,52)48-18-16-45(17-19-48)24-28-25-54-37(41-28)43-35(49)31-5-4-15-47(31)23-27-9-13-40-30(21-27)33-34-29(10-20-53-33)42-38(55-34)44-36(50)32-6-3-14-46(32)22-26-7-11-39-12-8-26/h3-9,11-15,21,25,33H,2,10,16-20,22-24H2,1H3,(H,41,43,49)(H,42,44,50). The number of carbonyl (C=O) groups excluding carboxylic acids is 2. The molecule has 0 radical (unpaired) electrons. The zero-order chi connectivity index (χ0) is 38.6. The predicted octanol–water partition coefficient (Wildman–Crippen LogP) is 4.72. The molecule has 15 nitrogen and oxygen atoms in total. The number of amides is 2. The third-order valence-corrected chi connectivity index (χ3v) is 13.5. The molecule has 2 aliphatic rings. The first-order valence-corrected chi connectivity index (χ1v) is 21.6. The van der Waals surface area contributed by atoms with Crippen LogP contribution in [0.3, 0.4) is 0 Å². The fourth-order valence-corrected chi connectivity index (χ4v) is 9.69. The van der Waals surface area contributed by atoms with Gasteiger partial charge >= 0.3 is 0 Å². The Morgan fingerprint density at radius 1 is 0.857 bits per heavy atom. The lowest BCUT2D eigenvalue weighted by Crippen LogP contribution is -2.48. The summed E-state index contributed by atoms with van der Waals surface area (Å²) < 4.78 is 36.0. The van der Waals surface area contributed by atoms with E-state index in [2.05, 4.69) is 30.5 Å². The van der Waals surface area contributed by atoms with Gasteiger partial charge in [0.1, 0.15) is 17.5 Å². The van der Waals surface area contributed by atoms with Crippen molar-refractivity contribution in [3.8, 4) is 0 Å². The molecule has 1 fully saturated rings. The highest BCUT2D eigenvalue weighted by atomic mass is 32.2. The minimum atomic E-state index is -3.19. The number of piperazine rings is 1. The Hall–Kier alpha value is -5.11. The fraction of sp³-hybridized carbons (Fsp3) is 0.316. The molecule has 0 saturated carbocycles. The van der Waals surface area contributed by atoms with Gasteiger partial charge < -0.3 is 13.9 Å². The zero-order valence-electron chi connectivity index (χ0n) is 30.6. The highest BCUT2D eigenvalue weighted by molar-refractivity contribution is 7.89. The number of hydrogen-bond donors (Lipinski definition) is 2. The van der Waals surface area contributed by atoms with Crippen LogP contribution >= 0.6 is 22.7 Å². The Balaban J connectivity index is 0.895. The molecule has 8 rings (SSSR count). The van der Waals surface area contributed by atoms with Gasteiger partial charge in [-0.2, -0.15) is 4.31 Å². The van der Waals surface area contributed by atoms with Crippen LogP contribution < -0.4 is 10.6 Å². The molecule has 8 heterocycles. The summed E-state index contributed by atoms with van der Waals surface area (Å²) in [5.41, 5.74) is 5.41. The number of nitrogens with one attached hydrogen (secondary N) is 2. The maximum Gasteiger partial charge on any atom is 0.274 e. The van der Waals surface area contributed by atoms with E-state index in [-0.39, 0.29) is 17.6 Å². The second kappa shape index (κ2) is 16.5. The molecule has 1 atom stereocenters. The van der Waals surface area contributed by atoms with E-state index in [0.717, 1.165) is 33.1 Å². The van der Waals surface area contributed by atoms with Crippen LogP contribution in [0.4, 0.5) is 10.3 Å². The Morgan fingerprint density at radius 2 is 1.54 bits per heavy atom. The Kier molecular flexibility index (Phi) is 11.2. The van der Waals surface area contributed by atoms with Crippen LogP contribution in [0.1, 0.15) is 67.1 Å². The van der Waals surface area contributed by atoms with Crippen molar-refractivity contribution in [1.29, 1.82) is 0 Å². The van der Waals surface area contributed by atoms with E-state index in [0.29, 0.717) is 80.5 Å². The van der Waals surface area contributed by atoms with Gasteiger partial charge in [0.15, 0.2) is 10.3 Å². The normalized spacial score (nSPS) is 16.4. The van der Waals surface area contributed by atoms with E-state index in [4.69, 9.17) is 9.72 Å². The SMILES string of the molecule is CCS(=O)(=O)N1CCN(Cc2csc(NC(=O)c3cccn3Cc3ccnc(C4OCCc5nc(NC(=O)c6cccn6Cc6ccncc6)sc54)c3)n2)CC1. The number of hydrogen-bond acceptors (Lipinski definition) is 12. The number of ether oxygens (including phenoxy) is 1. The molecule has 0 aliphatic carbocycles. The number of fused-ring (bicyclic) bond motifs is 1. The topological polar surface area (TPSA) is 169 Å². The fourth-order valence-electron chi connectivity index (χ4n) is 6.84. The van der Waals surface area contributed by atoms with Crippen LogP contribution in [0.5, 0.6) is 0 Å². The van der Waals surface area contributed by atoms with Crippen LogP contribution in [0, 0.1) is 0 Å². The molecule has 18 heteroatoms. The first kappa shape index (κ1) is 37.8. The van der Waals surface area contributed by atoms with Crippen molar-refractivity contribution in [3.05, 3.63) is 129 Å². The van der Waals surface area contributed by atoms with Crippen molar-refractivity contribution in [2.75, 3.05) is 49.2 Å². The minimum absolute atomic E-state index is 0.106. The molecule has 6 aromatic rings. The second-order valence-corrected chi connectivity index (χ2v) is 17.6. The summed E-state index contributed by atoms with van der Waals surface area (Å²) in [5, 5.41) is 8.86. The average Bonchev–Trinajstić information content (AvgIpc) is 4.03. The van der Waals surface area contributed by atoms with Crippen LogP contribution in [0.25, 0.3) is 0 Å². The summed E-state index contributed by atoms with van der Waals surface area (Å²) >= 11 is 2.75. The maximum absolute atomic E-state index is 13.4. The Labute approximate surface area is 332 Å². The Morgan fingerprint density at radius 3 is 2.25 bits per heavy atom. The third-order valence-electron chi connectivity index (χ3n) is 9.75. The lowest BCUT2D eigenvalue weighted by Gasteiger charge is -2.33. The van der Waals surface area contributed by atoms with E-state index in [1.807, 2.05) is 63.3 Å². The van der Waals surface area contributed by atoms with Crippen molar-refractivity contribution >= 4 is 54.8 Å². The van der Waals surface area contributed by atoms with Crippen LogP contribution in [0.2, 0.25) is 0 Å². The van der Waals surface area contributed by atoms with Crippen molar-refractivity contribution in [1.82, 2.24) is 38.3 Å². The van der Waals surface area contributed by atoms with Crippen molar-refractivity contribution in [2.45, 2.75) is 39.1 Å². The highest BCUT2D eigenvalue weighted by Crippen LogP contribution is 2.38. The lowest BCUT2D eigenvalue weighted by molar-refractivity contribution is 0.0689. The number of thiazole rings is 2. The van der Waals surface area contributed by atoms with Crippen LogP contribution in [0.15, 0.2) is 84.9 Å². The van der Waals surface area contributed by atoms with Gasteiger partial charge in [-0.15, -0.1) is 11.3 Å². The van der Waals surface area contributed by atoms with Gasteiger partial charge in [0.25, 0.3) is 11.8 Å². The van der Waals surface area contributed by atoms with Gasteiger partial charge in [-0.05, 0) is 66.6 Å². The summed E-state index contributed by atoms with van der Waals surface area (Å²) in [6.45, 7) is 5.87. The molecule has 0 aromatic carbocycles. The number of carbonyl (C=O) groups is 2. The lowest BCUT2D eigenvalue weighted by atomic mass is 10.1. The number of pyridine rings is 2. The molecule has 0 spiro atoms. The van der Waals surface area contributed by atoms with E-state index in [1.54, 1.807) is 42.0 Å². The molecule has 6 aromatic heterocycles. The first-order valence-electron chi connectivity index (χ1n) is 18.2. The third kappa shape index (κ3) is 8.49. The molecule has 290 valence electrons. The second-order valence-electron chi connectivity index (χ2n) is 13.4. The molecule has 1 saturated heterocycles. The number of anilines is 2. The summed E-state index contributed by atoms with van der Waals surface area (Å²) in [4.78, 5) is 48.0. The molecule has 2 N–H and O–H groups in total. The number of rotatable bonds is 13. The van der Waals surface area contributed by atoms with E-state index in [1.165, 1.54) is 22.7 Å². The molecule has 2 aliphatic heterocycles. The van der Waals surface area contributed by atoms with Gasteiger partial charge in [-0.3, -0.25) is 35.1 Å². The smallest absolute Gasteiger partial charge is 0.274 e. The minimum Gasteiger partial charge on any atom is -0.366 e. The van der Waals surface area contributed by atoms with Crippen LogP contribution in [-0.2, 0) is 40.8 Å². The number of aromatic nitrogens is 6. The van der Waals surface area contributed by atoms with E-state index < -0.39 is 16.1 Å².